The second-order valence-corrected chi connectivity index (χ2v) is 3.45. The molecule has 1 rings (SSSR count). The first-order chi connectivity index (χ1) is 6.18. The number of furan rings is 1. The van der Waals surface area contributed by atoms with E-state index in [4.69, 9.17) is 9.52 Å². The third-order valence-corrected chi connectivity index (χ3v) is 1.93. The van der Waals surface area contributed by atoms with Crippen LogP contribution in [-0.4, -0.2) is 29.7 Å². The van der Waals surface area contributed by atoms with Crippen LogP contribution in [-0.2, 0) is 6.54 Å². The summed E-state index contributed by atoms with van der Waals surface area (Å²) in [4.78, 5) is 2.13. The number of hydrogen-bond acceptors (Lipinski definition) is 3. The lowest BCUT2D eigenvalue weighted by Crippen LogP contribution is -2.21. The van der Waals surface area contributed by atoms with Crippen molar-refractivity contribution in [2.45, 2.75) is 26.0 Å². The van der Waals surface area contributed by atoms with E-state index in [1.807, 2.05) is 19.2 Å². The lowest BCUT2D eigenvalue weighted by molar-refractivity contribution is 0.160. The summed E-state index contributed by atoms with van der Waals surface area (Å²) in [5.41, 5.74) is 0. The number of hydrogen-bond donors (Lipinski definition) is 1. The van der Waals surface area contributed by atoms with Crippen LogP contribution in [0, 0.1) is 0 Å². The van der Waals surface area contributed by atoms with Gasteiger partial charge in [0, 0.05) is 6.54 Å². The minimum atomic E-state index is -0.223. The van der Waals surface area contributed by atoms with E-state index in [1.165, 1.54) is 0 Å². The van der Waals surface area contributed by atoms with Gasteiger partial charge in [0.15, 0.2) is 0 Å². The van der Waals surface area contributed by atoms with Crippen LogP contribution in [0.1, 0.15) is 19.1 Å². The second kappa shape index (κ2) is 5.04. The summed E-state index contributed by atoms with van der Waals surface area (Å²) in [5, 5.41) is 9.08. The molecule has 1 unspecified atom stereocenters. The van der Waals surface area contributed by atoms with Crippen molar-refractivity contribution in [2.75, 3.05) is 13.6 Å². The van der Waals surface area contributed by atoms with Gasteiger partial charge in [-0.05, 0) is 32.5 Å². The van der Waals surface area contributed by atoms with Gasteiger partial charge in [-0.3, -0.25) is 4.90 Å². The summed E-state index contributed by atoms with van der Waals surface area (Å²) in [6.07, 6.45) is 2.26. The number of aliphatic hydroxyl groups excluding tert-OH is 1. The van der Waals surface area contributed by atoms with E-state index in [0.717, 1.165) is 25.3 Å². The van der Waals surface area contributed by atoms with Crippen LogP contribution >= 0.6 is 0 Å². The molecule has 3 heteroatoms. The Morgan fingerprint density at radius 2 is 2.38 bits per heavy atom. The highest BCUT2D eigenvalue weighted by molar-refractivity contribution is 4.97. The molecule has 0 bridgehead atoms. The molecule has 0 fully saturated rings. The minimum Gasteiger partial charge on any atom is -0.468 e. The molecule has 0 saturated carbocycles. The summed E-state index contributed by atoms with van der Waals surface area (Å²) in [6, 6.07) is 3.84. The highest BCUT2D eigenvalue weighted by Crippen LogP contribution is 2.04. The minimum absolute atomic E-state index is 0.223. The Labute approximate surface area is 79.0 Å². The predicted molar refractivity (Wildman–Crippen MR) is 51.3 cm³/mol. The normalized spacial score (nSPS) is 13.5. The molecule has 0 aliphatic carbocycles. The molecule has 13 heavy (non-hydrogen) atoms. The summed E-state index contributed by atoms with van der Waals surface area (Å²) in [7, 11) is 2.02. The molecular weight excluding hydrogens is 166 g/mol. The first-order valence-electron chi connectivity index (χ1n) is 4.57. The Morgan fingerprint density at radius 3 is 2.92 bits per heavy atom. The van der Waals surface area contributed by atoms with Gasteiger partial charge >= 0.3 is 0 Å². The highest BCUT2D eigenvalue weighted by Gasteiger charge is 2.03. The molecule has 1 aromatic heterocycles. The topological polar surface area (TPSA) is 36.6 Å². The first-order valence-corrected chi connectivity index (χ1v) is 4.57. The average Bonchev–Trinajstić information content (AvgIpc) is 2.53. The van der Waals surface area contributed by atoms with Crippen LogP contribution in [0.5, 0.6) is 0 Å². The lowest BCUT2D eigenvalue weighted by atomic mass is 10.3. The molecule has 0 amide bonds. The molecule has 0 saturated heterocycles. The van der Waals surface area contributed by atoms with Gasteiger partial charge in [-0.1, -0.05) is 0 Å². The van der Waals surface area contributed by atoms with Crippen molar-refractivity contribution in [3.63, 3.8) is 0 Å². The molecule has 1 aromatic rings. The standard InChI is InChI=1S/C10H17NO2/c1-9(12)5-6-11(2)8-10-4-3-7-13-10/h3-4,7,9,12H,5-6,8H2,1-2H3. The maximum absolute atomic E-state index is 9.08. The fourth-order valence-corrected chi connectivity index (χ4v) is 1.15. The van der Waals surface area contributed by atoms with Crippen LogP contribution < -0.4 is 0 Å². The molecule has 1 heterocycles. The van der Waals surface area contributed by atoms with E-state index in [0.29, 0.717) is 0 Å². The number of rotatable bonds is 5. The fourth-order valence-electron chi connectivity index (χ4n) is 1.15. The van der Waals surface area contributed by atoms with Crippen LogP contribution in [0.25, 0.3) is 0 Å². The van der Waals surface area contributed by atoms with Crippen molar-refractivity contribution in [3.05, 3.63) is 24.2 Å². The zero-order valence-electron chi connectivity index (χ0n) is 8.23. The van der Waals surface area contributed by atoms with Gasteiger partial charge < -0.3 is 9.52 Å². The Morgan fingerprint density at radius 1 is 1.62 bits per heavy atom. The summed E-state index contributed by atoms with van der Waals surface area (Å²) >= 11 is 0. The van der Waals surface area contributed by atoms with E-state index in [-0.39, 0.29) is 6.10 Å². The van der Waals surface area contributed by atoms with Gasteiger partial charge in [0.2, 0.25) is 0 Å². The zero-order chi connectivity index (χ0) is 9.68. The third-order valence-electron chi connectivity index (χ3n) is 1.93. The second-order valence-electron chi connectivity index (χ2n) is 3.45. The molecule has 0 radical (unpaired) electrons. The average molecular weight is 183 g/mol. The van der Waals surface area contributed by atoms with Crippen LogP contribution in [0.2, 0.25) is 0 Å². The van der Waals surface area contributed by atoms with Gasteiger partial charge in [0.25, 0.3) is 0 Å². The molecule has 3 nitrogen and oxygen atoms in total. The van der Waals surface area contributed by atoms with Crippen LogP contribution in [0.3, 0.4) is 0 Å². The van der Waals surface area contributed by atoms with E-state index in [9.17, 15) is 0 Å². The molecule has 74 valence electrons. The van der Waals surface area contributed by atoms with Gasteiger partial charge in [0.1, 0.15) is 5.76 Å². The summed E-state index contributed by atoms with van der Waals surface area (Å²) in [6.45, 7) is 3.50. The Hall–Kier alpha value is -0.800. The van der Waals surface area contributed by atoms with Crippen molar-refractivity contribution in [1.29, 1.82) is 0 Å². The SMILES string of the molecule is CC(O)CCN(C)Cc1ccco1. The lowest BCUT2D eigenvalue weighted by Gasteiger charge is -2.15. The predicted octanol–water partition coefficient (Wildman–Crippen LogP) is 1.48. The van der Waals surface area contributed by atoms with Crippen molar-refractivity contribution in [3.8, 4) is 0 Å². The maximum atomic E-state index is 9.08. The molecule has 1 atom stereocenters. The molecule has 0 aliphatic rings. The van der Waals surface area contributed by atoms with E-state index < -0.39 is 0 Å². The summed E-state index contributed by atoms with van der Waals surface area (Å²) in [5.74, 6) is 0.966. The van der Waals surface area contributed by atoms with Gasteiger partial charge in [-0.2, -0.15) is 0 Å². The van der Waals surface area contributed by atoms with Crippen molar-refractivity contribution in [1.82, 2.24) is 4.90 Å². The molecule has 0 spiro atoms. The fraction of sp³-hybridized carbons (Fsp3) is 0.600. The van der Waals surface area contributed by atoms with Crippen LogP contribution in [0.15, 0.2) is 22.8 Å². The Kier molecular flexibility index (Phi) is 3.99. The van der Waals surface area contributed by atoms with Gasteiger partial charge in [-0.15, -0.1) is 0 Å². The summed E-state index contributed by atoms with van der Waals surface area (Å²) < 4.78 is 5.21. The van der Waals surface area contributed by atoms with E-state index in [2.05, 4.69) is 4.90 Å². The number of aliphatic hydroxyl groups is 1. The van der Waals surface area contributed by atoms with Crippen molar-refractivity contribution in [2.24, 2.45) is 0 Å². The first kappa shape index (κ1) is 10.3. The van der Waals surface area contributed by atoms with E-state index in [1.54, 1.807) is 13.2 Å². The molecule has 1 N–H and O–H groups in total. The highest BCUT2D eigenvalue weighted by atomic mass is 16.3. The van der Waals surface area contributed by atoms with Gasteiger partial charge in [-0.25, -0.2) is 0 Å². The molecule has 0 aromatic carbocycles. The maximum Gasteiger partial charge on any atom is 0.117 e. The Bertz CT molecular complexity index is 219. The van der Waals surface area contributed by atoms with E-state index >= 15 is 0 Å². The molecule has 0 aliphatic heterocycles. The monoisotopic (exact) mass is 183 g/mol. The van der Waals surface area contributed by atoms with Gasteiger partial charge in [0.05, 0.1) is 18.9 Å². The number of nitrogens with zero attached hydrogens (tertiary/aromatic N) is 1. The quantitative estimate of drug-likeness (QED) is 0.751. The van der Waals surface area contributed by atoms with Crippen molar-refractivity contribution >= 4 is 0 Å². The van der Waals surface area contributed by atoms with Crippen LogP contribution in [0.4, 0.5) is 0 Å². The molecular formula is C10H17NO2. The van der Waals surface area contributed by atoms with Crippen molar-refractivity contribution < 1.29 is 9.52 Å². The smallest absolute Gasteiger partial charge is 0.117 e. The third kappa shape index (κ3) is 4.10. The largest absolute Gasteiger partial charge is 0.468 e. The zero-order valence-corrected chi connectivity index (χ0v) is 8.23. The Balaban J connectivity index is 2.22.